The lowest BCUT2D eigenvalue weighted by molar-refractivity contribution is -0.140. The van der Waals surface area contributed by atoms with Crippen molar-refractivity contribution in [3.05, 3.63) is 84.4 Å². The van der Waals surface area contributed by atoms with Crippen molar-refractivity contribution in [3.63, 3.8) is 0 Å². The van der Waals surface area contributed by atoms with Crippen LogP contribution in [0.15, 0.2) is 78.9 Å². The summed E-state index contributed by atoms with van der Waals surface area (Å²) in [6, 6.07) is 24.3. The summed E-state index contributed by atoms with van der Waals surface area (Å²) in [6.07, 6.45) is -0.0888. The molecule has 0 aromatic heterocycles. The first-order valence-corrected chi connectivity index (χ1v) is 8.75. The molecule has 0 heterocycles. The molecule has 0 atom stereocenters. The van der Waals surface area contributed by atoms with Gasteiger partial charge in [0.25, 0.3) is 0 Å². The summed E-state index contributed by atoms with van der Waals surface area (Å²) >= 11 is 0. The van der Waals surface area contributed by atoms with E-state index < -0.39 is 11.9 Å². The van der Waals surface area contributed by atoms with Crippen LogP contribution in [0.2, 0.25) is 0 Å². The highest BCUT2D eigenvalue weighted by Gasteiger charge is 2.14. The van der Waals surface area contributed by atoms with Crippen molar-refractivity contribution >= 4 is 11.9 Å². The van der Waals surface area contributed by atoms with Crippen LogP contribution in [0.5, 0.6) is 11.5 Å². The van der Waals surface area contributed by atoms with Gasteiger partial charge in [0.2, 0.25) is 0 Å². The van der Waals surface area contributed by atoms with E-state index in [-0.39, 0.29) is 12.8 Å². The van der Waals surface area contributed by atoms with Gasteiger partial charge in [0.05, 0.1) is 12.8 Å². The molecule has 0 fully saturated rings. The molecule has 3 aromatic carbocycles. The molecule has 0 aliphatic carbocycles. The Labute approximate surface area is 158 Å². The van der Waals surface area contributed by atoms with Crippen molar-refractivity contribution in [3.8, 4) is 22.6 Å². The Kier molecular flexibility index (Phi) is 6.00. The fourth-order valence-corrected chi connectivity index (χ4v) is 2.63. The fourth-order valence-electron chi connectivity index (χ4n) is 2.63. The summed E-state index contributed by atoms with van der Waals surface area (Å²) in [5.74, 6) is 0.0453. The van der Waals surface area contributed by atoms with Crippen LogP contribution in [0.3, 0.4) is 0 Å². The first-order valence-electron chi connectivity index (χ1n) is 8.75. The molecule has 0 bridgehead atoms. The quantitative estimate of drug-likeness (QED) is 0.461. The van der Waals surface area contributed by atoms with Gasteiger partial charge in [-0.15, -0.1) is 0 Å². The summed E-state index contributed by atoms with van der Waals surface area (Å²) < 4.78 is 10.8. The van der Waals surface area contributed by atoms with Crippen molar-refractivity contribution in [2.75, 3.05) is 0 Å². The van der Waals surface area contributed by atoms with Crippen LogP contribution < -0.4 is 9.47 Å². The van der Waals surface area contributed by atoms with E-state index in [9.17, 15) is 9.59 Å². The number of benzene rings is 3. The molecular formula is C23H20O4. The van der Waals surface area contributed by atoms with Crippen molar-refractivity contribution < 1.29 is 19.1 Å². The van der Waals surface area contributed by atoms with E-state index in [0.717, 1.165) is 16.7 Å². The van der Waals surface area contributed by atoms with Crippen molar-refractivity contribution in [2.24, 2.45) is 0 Å². The number of rotatable bonds is 6. The number of hydrogen-bond acceptors (Lipinski definition) is 4. The molecule has 0 radical (unpaired) electrons. The molecule has 136 valence electrons. The Morgan fingerprint density at radius 2 is 1.19 bits per heavy atom. The number of para-hydroxylation sites is 2. The summed E-state index contributed by atoms with van der Waals surface area (Å²) in [4.78, 5) is 24.2. The Hall–Kier alpha value is -3.40. The predicted octanol–water partition coefficient (Wildman–Crippen LogP) is 4.95. The third kappa shape index (κ3) is 5.05. The second kappa shape index (κ2) is 8.81. The molecule has 3 rings (SSSR count). The lowest BCUT2D eigenvalue weighted by Gasteiger charge is -2.10. The van der Waals surface area contributed by atoms with Crippen LogP contribution in [-0.4, -0.2) is 11.9 Å². The highest BCUT2D eigenvalue weighted by Crippen LogP contribution is 2.29. The maximum Gasteiger partial charge on any atom is 0.311 e. The highest BCUT2D eigenvalue weighted by molar-refractivity contribution is 5.82. The normalized spacial score (nSPS) is 10.3. The molecule has 0 unspecified atom stereocenters. The lowest BCUT2D eigenvalue weighted by atomic mass is 10.1. The maximum atomic E-state index is 12.2. The van der Waals surface area contributed by atoms with Crippen LogP contribution in [0.1, 0.15) is 18.4 Å². The van der Waals surface area contributed by atoms with Crippen molar-refractivity contribution in [2.45, 2.75) is 19.8 Å². The molecule has 0 spiro atoms. The number of aryl methyl sites for hydroxylation is 1. The number of esters is 2. The van der Waals surface area contributed by atoms with Gasteiger partial charge in [-0.2, -0.15) is 0 Å². The van der Waals surface area contributed by atoms with Crippen LogP contribution in [0.4, 0.5) is 0 Å². The molecule has 3 aromatic rings. The SMILES string of the molecule is Cc1ccccc1OC(=O)CCC(=O)Oc1ccccc1-c1ccccc1. The van der Waals surface area contributed by atoms with E-state index in [2.05, 4.69) is 0 Å². The van der Waals surface area contributed by atoms with E-state index >= 15 is 0 Å². The summed E-state index contributed by atoms with van der Waals surface area (Å²) in [5, 5.41) is 0. The molecular weight excluding hydrogens is 340 g/mol. The summed E-state index contributed by atoms with van der Waals surface area (Å²) in [6.45, 7) is 1.86. The van der Waals surface area contributed by atoms with Gasteiger partial charge < -0.3 is 9.47 Å². The minimum absolute atomic E-state index is 0.0410. The van der Waals surface area contributed by atoms with Gasteiger partial charge in [-0.05, 0) is 30.2 Å². The van der Waals surface area contributed by atoms with E-state index in [1.54, 1.807) is 18.2 Å². The Morgan fingerprint density at radius 3 is 1.85 bits per heavy atom. The van der Waals surface area contributed by atoms with E-state index in [4.69, 9.17) is 9.47 Å². The second-order valence-corrected chi connectivity index (χ2v) is 6.08. The first kappa shape index (κ1) is 18.4. The lowest BCUT2D eigenvalue weighted by Crippen LogP contribution is -2.14. The van der Waals surface area contributed by atoms with E-state index in [0.29, 0.717) is 11.5 Å². The number of ether oxygens (including phenoxy) is 2. The van der Waals surface area contributed by atoms with Crippen molar-refractivity contribution in [1.82, 2.24) is 0 Å². The molecule has 0 amide bonds. The number of carbonyl (C=O) groups is 2. The molecule has 27 heavy (non-hydrogen) atoms. The number of hydrogen-bond donors (Lipinski definition) is 0. The molecule has 0 aliphatic rings. The first-order chi connectivity index (χ1) is 13.1. The minimum Gasteiger partial charge on any atom is -0.426 e. The van der Waals surface area contributed by atoms with Gasteiger partial charge in [-0.25, -0.2) is 0 Å². The van der Waals surface area contributed by atoms with E-state index in [1.165, 1.54) is 0 Å². The Bertz CT molecular complexity index is 932. The monoisotopic (exact) mass is 360 g/mol. The number of carbonyl (C=O) groups excluding carboxylic acids is 2. The molecule has 0 saturated carbocycles. The molecule has 4 heteroatoms. The van der Waals surface area contributed by atoms with Crippen LogP contribution in [0.25, 0.3) is 11.1 Å². The zero-order chi connectivity index (χ0) is 19.1. The zero-order valence-corrected chi connectivity index (χ0v) is 15.1. The van der Waals surface area contributed by atoms with Gasteiger partial charge in [0, 0.05) is 5.56 Å². The predicted molar refractivity (Wildman–Crippen MR) is 104 cm³/mol. The van der Waals surface area contributed by atoms with E-state index in [1.807, 2.05) is 67.6 Å². The molecule has 0 saturated heterocycles. The molecule has 4 nitrogen and oxygen atoms in total. The highest BCUT2D eigenvalue weighted by atomic mass is 16.5. The molecule has 0 N–H and O–H groups in total. The van der Waals surface area contributed by atoms with Crippen LogP contribution in [-0.2, 0) is 9.59 Å². The Balaban J connectivity index is 1.59. The van der Waals surface area contributed by atoms with Gasteiger partial charge in [0.15, 0.2) is 0 Å². The maximum absolute atomic E-state index is 12.2. The second-order valence-electron chi connectivity index (χ2n) is 6.08. The smallest absolute Gasteiger partial charge is 0.311 e. The largest absolute Gasteiger partial charge is 0.426 e. The minimum atomic E-state index is -0.472. The zero-order valence-electron chi connectivity index (χ0n) is 15.1. The summed E-state index contributed by atoms with van der Waals surface area (Å²) in [5.41, 5.74) is 2.65. The molecule has 0 aliphatic heterocycles. The average molecular weight is 360 g/mol. The van der Waals surface area contributed by atoms with Crippen LogP contribution >= 0.6 is 0 Å². The Morgan fingerprint density at radius 1 is 0.667 bits per heavy atom. The van der Waals surface area contributed by atoms with Crippen LogP contribution in [0, 0.1) is 6.92 Å². The van der Waals surface area contributed by atoms with Gasteiger partial charge in [-0.1, -0.05) is 66.7 Å². The third-order valence-corrected chi connectivity index (χ3v) is 4.05. The van der Waals surface area contributed by atoms with Gasteiger partial charge >= 0.3 is 11.9 Å². The van der Waals surface area contributed by atoms with Crippen molar-refractivity contribution in [1.29, 1.82) is 0 Å². The fraction of sp³-hybridized carbons (Fsp3) is 0.130. The van der Waals surface area contributed by atoms with Gasteiger partial charge in [-0.3, -0.25) is 9.59 Å². The van der Waals surface area contributed by atoms with Gasteiger partial charge in [0.1, 0.15) is 11.5 Å². The third-order valence-electron chi connectivity index (χ3n) is 4.05. The standard InChI is InChI=1S/C23H20O4/c1-17-9-5-7-13-20(17)26-22(24)15-16-23(25)27-21-14-8-6-12-19(21)18-10-3-2-4-11-18/h2-14H,15-16H2,1H3. The average Bonchev–Trinajstić information content (AvgIpc) is 2.69. The topological polar surface area (TPSA) is 52.6 Å². The summed E-state index contributed by atoms with van der Waals surface area (Å²) in [7, 11) is 0.